The Kier molecular flexibility index (Phi) is 4.47. The SMILES string of the molecule is CCCC(C)CNc1ccc(O)cc1C. The Morgan fingerprint density at radius 1 is 1.40 bits per heavy atom. The van der Waals surface area contributed by atoms with Crippen molar-refractivity contribution in [1.29, 1.82) is 0 Å². The second kappa shape index (κ2) is 5.64. The van der Waals surface area contributed by atoms with Crippen molar-refractivity contribution >= 4 is 5.69 Å². The average molecular weight is 207 g/mol. The molecule has 1 atom stereocenters. The molecule has 0 aliphatic rings. The Labute approximate surface area is 92.3 Å². The number of benzene rings is 1. The Bertz CT molecular complexity index is 309. The highest BCUT2D eigenvalue weighted by atomic mass is 16.3. The summed E-state index contributed by atoms with van der Waals surface area (Å²) in [5.41, 5.74) is 2.22. The molecule has 2 N–H and O–H groups in total. The van der Waals surface area contributed by atoms with Crippen molar-refractivity contribution < 1.29 is 5.11 Å². The van der Waals surface area contributed by atoms with Crippen molar-refractivity contribution in [3.05, 3.63) is 23.8 Å². The zero-order valence-corrected chi connectivity index (χ0v) is 9.88. The third kappa shape index (κ3) is 3.82. The summed E-state index contributed by atoms with van der Waals surface area (Å²) in [6.45, 7) is 7.47. The molecule has 1 aromatic carbocycles. The second-order valence-corrected chi connectivity index (χ2v) is 4.27. The molecule has 0 fully saturated rings. The van der Waals surface area contributed by atoms with E-state index in [0.717, 1.165) is 17.8 Å². The summed E-state index contributed by atoms with van der Waals surface area (Å²) in [6, 6.07) is 5.44. The lowest BCUT2D eigenvalue weighted by molar-refractivity contribution is 0.475. The summed E-state index contributed by atoms with van der Waals surface area (Å²) < 4.78 is 0. The molecule has 0 saturated heterocycles. The van der Waals surface area contributed by atoms with E-state index in [4.69, 9.17) is 0 Å². The summed E-state index contributed by atoms with van der Waals surface area (Å²) in [5.74, 6) is 1.03. The van der Waals surface area contributed by atoms with Crippen molar-refractivity contribution in [3.63, 3.8) is 0 Å². The van der Waals surface area contributed by atoms with Crippen LogP contribution in [0, 0.1) is 12.8 Å². The Hall–Kier alpha value is -1.18. The molecular weight excluding hydrogens is 186 g/mol. The van der Waals surface area contributed by atoms with Crippen molar-refractivity contribution in [3.8, 4) is 5.75 Å². The molecular formula is C13H21NO. The van der Waals surface area contributed by atoms with Crippen LogP contribution in [0.25, 0.3) is 0 Å². The van der Waals surface area contributed by atoms with E-state index in [9.17, 15) is 5.11 Å². The second-order valence-electron chi connectivity index (χ2n) is 4.27. The molecule has 1 rings (SSSR count). The fourth-order valence-electron chi connectivity index (χ4n) is 1.73. The summed E-state index contributed by atoms with van der Waals surface area (Å²) in [7, 11) is 0. The van der Waals surface area contributed by atoms with Crippen LogP contribution in [0.4, 0.5) is 5.69 Å². The van der Waals surface area contributed by atoms with Crippen molar-refractivity contribution in [2.45, 2.75) is 33.6 Å². The number of rotatable bonds is 5. The molecule has 1 aromatic rings. The van der Waals surface area contributed by atoms with Crippen LogP contribution in [0.3, 0.4) is 0 Å². The van der Waals surface area contributed by atoms with Crippen molar-refractivity contribution in [1.82, 2.24) is 0 Å². The van der Waals surface area contributed by atoms with E-state index >= 15 is 0 Å². The number of phenolic OH excluding ortho intramolecular Hbond substituents is 1. The van der Waals surface area contributed by atoms with Gasteiger partial charge in [-0.05, 0) is 43.0 Å². The number of aromatic hydroxyl groups is 1. The van der Waals surface area contributed by atoms with Crippen molar-refractivity contribution in [2.24, 2.45) is 5.92 Å². The predicted molar refractivity (Wildman–Crippen MR) is 65.4 cm³/mol. The molecule has 0 aliphatic carbocycles. The van der Waals surface area contributed by atoms with Gasteiger partial charge >= 0.3 is 0 Å². The quantitative estimate of drug-likeness (QED) is 0.724. The molecule has 0 bridgehead atoms. The van der Waals surface area contributed by atoms with Gasteiger partial charge in [0.2, 0.25) is 0 Å². The number of aryl methyl sites for hydroxylation is 1. The molecule has 2 heteroatoms. The highest BCUT2D eigenvalue weighted by Crippen LogP contribution is 2.20. The normalized spacial score (nSPS) is 12.5. The first-order valence-corrected chi connectivity index (χ1v) is 5.67. The standard InChI is InChI=1S/C13H21NO/c1-4-5-10(2)9-14-13-7-6-12(15)8-11(13)3/h6-8,10,14-15H,4-5,9H2,1-3H3. The maximum absolute atomic E-state index is 9.27. The summed E-state index contributed by atoms with van der Waals surface area (Å²) >= 11 is 0. The Balaban J connectivity index is 2.50. The minimum absolute atomic E-state index is 0.333. The summed E-state index contributed by atoms with van der Waals surface area (Å²) in [6.07, 6.45) is 2.49. The predicted octanol–water partition coefficient (Wildman–Crippen LogP) is 3.55. The van der Waals surface area contributed by atoms with Gasteiger partial charge in [0.25, 0.3) is 0 Å². The van der Waals surface area contributed by atoms with E-state index in [2.05, 4.69) is 19.2 Å². The first-order chi connectivity index (χ1) is 7.13. The lowest BCUT2D eigenvalue weighted by Gasteiger charge is -2.14. The van der Waals surface area contributed by atoms with Gasteiger partial charge in [0, 0.05) is 12.2 Å². The van der Waals surface area contributed by atoms with Crippen LogP contribution in [-0.4, -0.2) is 11.7 Å². The zero-order chi connectivity index (χ0) is 11.3. The molecule has 0 heterocycles. The van der Waals surface area contributed by atoms with E-state index in [0.29, 0.717) is 11.7 Å². The molecule has 2 nitrogen and oxygen atoms in total. The topological polar surface area (TPSA) is 32.3 Å². The fraction of sp³-hybridized carbons (Fsp3) is 0.538. The van der Waals surface area contributed by atoms with Gasteiger partial charge in [-0.3, -0.25) is 0 Å². The monoisotopic (exact) mass is 207 g/mol. The minimum atomic E-state index is 0.333. The number of anilines is 1. The number of phenols is 1. The molecule has 0 saturated carbocycles. The molecule has 0 amide bonds. The third-order valence-corrected chi connectivity index (χ3v) is 2.63. The molecule has 15 heavy (non-hydrogen) atoms. The van der Waals surface area contributed by atoms with E-state index in [1.54, 1.807) is 12.1 Å². The zero-order valence-electron chi connectivity index (χ0n) is 9.88. The number of hydrogen-bond acceptors (Lipinski definition) is 2. The van der Waals surface area contributed by atoms with E-state index < -0.39 is 0 Å². The van der Waals surface area contributed by atoms with Crippen LogP contribution >= 0.6 is 0 Å². The molecule has 1 unspecified atom stereocenters. The molecule has 0 radical (unpaired) electrons. The van der Waals surface area contributed by atoms with Gasteiger partial charge in [-0.15, -0.1) is 0 Å². The molecule has 0 spiro atoms. The van der Waals surface area contributed by atoms with E-state index in [-0.39, 0.29) is 0 Å². The van der Waals surface area contributed by atoms with Crippen LogP contribution in [0.5, 0.6) is 5.75 Å². The van der Waals surface area contributed by atoms with Gasteiger partial charge in [0.1, 0.15) is 5.75 Å². The smallest absolute Gasteiger partial charge is 0.115 e. The maximum Gasteiger partial charge on any atom is 0.115 e. The minimum Gasteiger partial charge on any atom is -0.508 e. The van der Waals surface area contributed by atoms with Crippen LogP contribution in [-0.2, 0) is 0 Å². The highest BCUT2D eigenvalue weighted by Gasteiger charge is 2.02. The Morgan fingerprint density at radius 3 is 2.73 bits per heavy atom. The summed E-state index contributed by atoms with van der Waals surface area (Å²) in [5, 5.41) is 12.7. The molecule has 84 valence electrons. The van der Waals surface area contributed by atoms with Gasteiger partial charge in [-0.1, -0.05) is 20.3 Å². The Morgan fingerprint density at radius 2 is 2.13 bits per heavy atom. The van der Waals surface area contributed by atoms with Crippen LogP contribution in [0.1, 0.15) is 32.3 Å². The van der Waals surface area contributed by atoms with Crippen LogP contribution in [0.15, 0.2) is 18.2 Å². The van der Waals surface area contributed by atoms with E-state index in [1.807, 2.05) is 13.0 Å². The summed E-state index contributed by atoms with van der Waals surface area (Å²) in [4.78, 5) is 0. The highest BCUT2D eigenvalue weighted by molar-refractivity contribution is 5.53. The average Bonchev–Trinajstić information content (AvgIpc) is 2.17. The van der Waals surface area contributed by atoms with Crippen LogP contribution in [0.2, 0.25) is 0 Å². The first kappa shape index (κ1) is 11.9. The largest absolute Gasteiger partial charge is 0.508 e. The third-order valence-electron chi connectivity index (χ3n) is 2.63. The van der Waals surface area contributed by atoms with Gasteiger partial charge in [-0.2, -0.15) is 0 Å². The fourth-order valence-corrected chi connectivity index (χ4v) is 1.73. The van der Waals surface area contributed by atoms with Gasteiger partial charge in [-0.25, -0.2) is 0 Å². The lowest BCUT2D eigenvalue weighted by atomic mass is 10.1. The van der Waals surface area contributed by atoms with Gasteiger partial charge < -0.3 is 10.4 Å². The first-order valence-electron chi connectivity index (χ1n) is 5.67. The van der Waals surface area contributed by atoms with E-state index in [1.165, 1.54) is 12.8 Å². The molecule has 0 aromatic heterocycles. The van der Waals surface area contributed by atoms with Crippen LogP contribution < -0.4 is 5.32 Å². The lowest BCUT2D eigenvalue weighted by Crippen LogP contribution is -2.11. The van der Waals surface area contributed by atoms with Crippen molar-refractivity contribution in [2.75, 3.05) is 11.9 Å². The maximum atomic E-state index is 9.27. The van der Waals surface area contributed by atoms with Gasteiger partial charge in [0.05, 0.1) is 0 Å². The molecule has 0 aliphatic heterocycles. The van der Waals surface area contributed by atoms with Gasteiger partial charge in [0.15, 0.2) is 0 Å². The number of hydrogen-bond donors (Lipinski definition) is 2. The number of nitrogens with one attached hydrogen (secondary N) is 1.